The van der Waals surface area contributed by atoms with Crippen LogP contribution in [0.1, 0.15) is 19.7 Å². The second-order valence-electron chi connectivity index (χ2n) is 4.14. The highest BCUT2D eigenvalue weighted by Crippen LogP contribution is 2.30. The van der Waals surface area contributed by atoms with Crippen LogP contribution in [0, 0.1) is 10.8 Å². The molecule has 1 rings (SSSR count). The average Bonchev–Trinajstić information content (AvgIpc) is 2.37. The summed E-state index contributed by atoms with van der Waals surface area (Å²) in [5, 5.41) is 13.2. The number of hydrogen-bond acceptors (Lipinski definition) is 7. The molecule has 1 aromatic heterocycles. The van der Waals surface area contributed by atoms with Crippen molar-refractivity contribution in [2.45, 2.75) is 19.4 Å². The van der Waals surface area contributed by atoms with Gasteiger partial charge in [0.15, 0.2) is 5.82 Å². The van der Waals surface area contributed by atoms with Crippen molar-refractivity contribution in [3.63, 3.8) is 0 Å². The van der Waals surface area contributed by atoms with Crippen LogP contribution in [0.25, 0.3) is 0 Å². The summed E-state index contributed by atoms with van der Waals surface area (Å²) >= 11 is 0. The van der Waals surface area contributed by atoms with E-state index >= 15 is 0 Å². The van der Waals surface area contributed by atoms with Gasteiger partial charge in [-0.2, -0.15) is 14.9 Å². The molecule has 0 spiro atoms. The van der Waals surface area contributed by atoms with E-state index in [9.17, 15) is 10.0 Å². The van der Waals surface area contributed by atoms with Crippen LogP contribution in [-0.2, 0) is 5.60 Å². The van der Waals surface area contributed by atoms with Crippen LogP contribution < -0.4 is 9.47 Å². The molecule has 7 heteroatoms. The second-order valence-corrected chi connectivity index (χ2v) is 4.14. The van der Waals surface area contributed by atoms with Gasteiger partial charge in [0.1, 0.15) is 12.1 Å². The Labute approximate surface area is 105 Å². The topological polar surface area (TPSA) is 93.9 Å². The Bertz CT molecular complexity index is 402. The van der Waals surface area contributed by atoms with E-state index in [0.717, 1.165) is 0 Å². The van der Waals surface area contributed by atoms with E-state index in [1.807, 2.05) is 0 Å². The number of ether oxygens (including phenoxy) is 2. The van der Waals surface area contributed by atoms with Gasteiger partial charge in [0, 0.05) is 0 Å². The third kappa shape index (κ3) is 2.73. The smallest absolute Gasteiger partial charge is 0.220 e. The van der Waals surface area contributed by atoms with E-state index in [-0.39, 0.29) is 30.0 Å². The standard InChI is InChI=1S/C11H17N3O4/c1-7(2)11(15,6-12-16)10-13-8(17-3)5-9(14-10)18-4/h5,7,15H,6H2,1-4H3. The second kappa shape index (κ2) is 5.72. The molecule has 0 fully saturated rings. The number of aliphatic hydroxyl groups is 1. The normalized spacial score (nSPS) is 14.1. The Hall–Kier alpha value is -1.76. The van der Waals surface area contributed by atoms with Crippen LogP contribution in [0.5, 0.6) is 11.8 Å². The molecule has 0 aromatic carbocycles. The Morgan fingerprint density at radius 2 is 1.83 bits per heavy atom. The molecule has 0 aliphatic carbocycles. The summed E-state index contributed by atoms with van der Waals surface area (Å²) in [5.41, 5.74) is -1.54. The molecule has 18 heavy (non-hydrogen) atoms. The van der Waals surface area contributed by atoms with E-state index < -0.39 is 5.60 Å². The Balaban J connectivity index is 3.31. The van der Waals surface area contributed by atoms with Crippen LogP contribution in [0.3, 0.4) is 0 Å². The molecule has 100 valence electrons. The molecule has 0 aliphatic heterocycles. The van der Waals surface area contributed by atoms with E-state index in [0.29, 0.717) is 0 Å². The molecular weight excluding hydrogens is 238 g/mol. The largest absolute Gasteiger partial charge is 0.481 e. The molecule has 0 bridgehead atoms. The van der Waals surface area contributed by atoms with Gasteiger partial charge in [0.05, 0.1) is 20.3 Å². The molecule has 1 atom stereocenters. The van der Waals surface area contributed by atoms with Crippen molar-refractivity contribution in [1.82, 2.24) is 9.97 Å². The van der Waals surface area contributed by atoms with E-state index in [1.54, 1.807) is 13.8 Å². The molecule has 1 heterocycles. The molecule has 0 aliphatic rings. The van der Waals surface area contributed by atoms with Gasteiger partial charge in [0.25, 0.3) is 0 Å². The van der Waals surface area contributed by atoms with Crippen LogP contribution in [0.2, 0.25) is 0 Å². The van der Waals surface area contributed by atoms with E-state index in [2.05, 4.69) is 15.1 Å². The van der Waals surface area contributed by atoms with Crippen LogP contribution in [0.4, 0.5) is 0 Å². The van der Waals surface area contributed by atoms with Crippen LogP contribution >= 0.6 is 0 Å². The first-order valence-corrected chi connectivity index (χ1v) is 5.47. The Morgan fingerprint density at radius 3 is 2.17 bits per heavy atom. The first kappa shape index (κ1) is 14.3. The third-order valence-corrected chi connectivity index (χ3v) is 2.75. The summed E-state index contributed by atoms with van der Waals surface area (Å²) in [6, 6.07) is 1.48. The molecular formula is C11H17N3O4. The van der Waals surface area contributed by atoms with Crippen molar-refractivity contribution < 1.29 is 14.6 Å². The lowest BCUT2D eigenvalue weighted by atomic mass is 9.89. The first-order chi connectivity index (χ1) is 8.47. The van der Waals surface area contributed by atoms with E-state index in [1.165, 1.54) is 20.3 Å². The molecule has 0 saturated carbocycles. The highest BCUT2D eigenvalue weighted by molar-refractivity contribution is 5.23. The van der Waals surface area contributed by atoms with Crippen molar-refractivity contribution in [3.8, 4) is 11.8 Å². The minimum absolute atomic E-state index is 0.0632. The van der Waals surface area contributed by atoms with Crippen molar-refractivity contribution >= 4 is 0 Å². The van der Waals surface area contributed by atoms with Crippen LogP contribution in [-0.4, -0.2) is 35.8 Å². The maximum Gasteiger partial charge on any atom is 0.220 e. The summed E-state index contributed by atoms with van der Waals surface area (Å²) in [7, 11) is 2.88. The van der Waals surface area contributed by atoms with Gasteiger partial charge >= 0.3 is 0 Å². The van der Waals surface area contributed by atoms with Crippen molar-refractivity contribution in [2.24, 2.45) is 11.1 Å². The predicted octanol–water partition coefficient (Wildman–Crippen LogP) is 1.10. The van der Waals surface area contributed by atoms with Gasteiger partial charge in [-0.3, -0.25) is 0 Å². The van der Waals surface area contributed by atoms with Crippen molar-refractivity contribution in [1.29, 1.82) is 0 Å². The van der Waals surface area contributed by atoms with Gasteiger partial charge in [-0.25, -0.2) is 0 Å². The van der Waals surface area contributed by atoms with Gasteiger partial charge in [-0.15, -0.1) is 0 Å². The quantitative estimate of drug-likeness (QED) is 0.765. The first-order valence-electron chi connectivity index (χ1n) is 5.47. The lowest BCUT2D eigenvalue weighted by Crippen LogP contribution is -2.37. The highest BCUT2D eigenvalue weighted by atomic mass is 16.5. The zero-order chi connectivity index (χ0) is 13.8. The zero-order valence-electron chi connectivity index (χ0n) is 10.9. The van der Waals surface area contributed by atoms with Gasteiger partial charge in [0.2, 0.25) is 11.8 Å². The molecule has 1 N–H and O–H groups in total. The highest BCUT2D eigenvalue weighted by Gasteiger charge is 2.37. The molecule has 1 unspecified atom stereocenters. The number of methoxy groups -OCH3 is 2. The number of aromatic nitrogens is 2. The molecule has 1 aromatic rings. The Morgan fingerprint density at radius 1 is 1.33 bits per heavy atom. The number of rotatable bonds is 6. The van der Waals surface area contributed by atoms with Gasteiger partial charge < -0.3 is 14.6 Å². The van der Waals surface area contributed by atoms with E-state index in [4.69, 9.17) is 9.47 Å². The van der Waals surface area contributed by atoms with Crippen molar-refractivity contribution in [3.05, 3.63) is 16.8 Å². The predicted molar refractivity (Wildman–Crippen MR) is 64.5 cm³/mol. The fraction of sp³-hybridized carbons (Fsp3) is 0.636. The van der Waals surface area contributed by atoms with Crippen LogP contribution in [0.15, 0.2) is 11.2 Å². The zero-order valence-corrected chi connectivity index (χ0v) is 10.9. The summed E-state index contributed by atoms with van der Waals surface area (Å²) in [6.45, 7) is 3.17. The summed E-state index contributed by atoms with van der Waals surface area (Å²) in [5.74, 6) is 0.281. The summed E-state index contributed by atoms with van der Waals surface area (Å²) in [6.07, 6.45) is 0. The van der Waals surface area contributed by atoms with Crippen molar-refractivity contribution in [2.75, 3.05) is 20.8 Å². The summed E-state index contributed by atoms with van der Waals surface area (Å²) < 4.78 is 10.00. The number of hydrogen-bond donors (Lipinski definition) is 1. The van der Waals surface area contributed by atoms with Gasteiger partial charge in [-0.05, 0) is 5.92 Å². The molecule has 0 radical (unpaired) electrons. The maximum atomic E-state index is 10.5. The number of nitrogens with zero attached hydrogens (tertiary/aromatic N) is 3. The average molecular weight is 255 g/mol. The number of nitroso groups, excluding NO2 is 1. The molecule has 7 nitrogen and oxygen atoms in total. The molecule has 0 amide bonds. The fourth-order valence-electron chi connectivity index (χ4n) is 1.42. The lowest BCUT2D eigenvalue weighted by molar-refractivity contribution is -0.0103. The van der Waals surface area contributed by atoms with Gasteiger partial charge in [-0.1, -0.05) is 19.0 Å². The minimum atomic E-state index is -1.54. The summed E-state index contributed by atoms with van der Waals surface area (Å²) in [4.78, 5) is 18.6. The molecule has 0 saturated heterocycles. The fourth-order valence-corrected chi connectivity index (χ4v) is 1.42. The monoisotopic (exact) mass is 255 g/mol. The Kier molecular flexibility index (Phi) is 4.55. The third-order valence-electron chi connectivity index (χ3n) is 2.75. The lowest BCUT2D eigenvalue weighted by Gasteiger charge is -2.27. The maximum absolute atomic E-state index is 10.5. The SMILES string of the molecule is COc1cc(OC)nc(C(O)(CN=O)C(C)C)n1. The minimum Gasteiger partial charge on any atom is -0.481 e.